The van der Waals surface area contributed by atoms with E-state index in [2.05, 4.69) is 20.8 Å². The molecule has 0 bridgehead atoms. The molecule has 0 spiro atoms. The Kier molecular flexibility index (Phi) is 36.5. The second kappa shape index (κ2) is 36.8. The summed E-state index contributed by atoms with van der Waals surface area (Å²) in [5.74, 6) is -0.664. The van der Waals surface area contributed by atoms with Gasteiger partial charge in [0.1, 0.15) is 6.10 Å². The van der Waals surface area contributed by atoms with Crippen LogP contribution in [0.1, 0.15) is 220 Å². The Morgan fingerprint density at radius 3 is 1.38 bits per heavy atom. The van der Waals surface area contributed by atoms with Crippen LogP contribution in [0.5, 0.6) is 0 Å². The van der Waals surface area contributed by atoms with Crippen LogP contribution in [-0.2, 0) is 27.9 Å². The first kappa shape index (κ1) is 49.5. The molecule has 0 aromatic heterocycles. The Labute approximate surface area is 310 Å². The van der Waals surface area contributed by atoms with Crippen molar-refractivity contribution in [1.82, 2.24) is 0 Å². The van der Waals surface area contributed by atoms with E-state index in [1.165, 1.54) is 141 Å². The lowest BCUT2D eigenvalue weighted by Crippen LogP contribution is -2.36. The van der Waals surface area contributed by atoms with E-state index < -0.39 is 26.2 Å². The predicted molar refractivity (Wildman–Crippen MR) is 210 cm³/mol. The van der Waals surface area contributed by atoms with Crippen LogP contribution >= 0.6 is 7.82 Å². The fourth-order valence-electron chi connectivity index (χ4n) is 6.45. The molecular formula is C41H84NO7P. The van der Waals surface area contributed by atoms with Gasteiger partial charge in [0, 0.05) is 13.2 Å². The van der Waals surface area contributed by atoms with Crippen LogP contribution in [0.3, 0.4) is 0 Å². The highest BCUT2D eigenvalue weighted by molar-refractivity contribution is 7.47. The van der Waals surface area contributed by atoms with E-state index in [0.717, 1.165) is 51.4 Å². The minimum absolute atomic E-state index is 0.0711. The number of carbonyl (C=O) groups excluding carboxylic acids is 1. The summed E-state index contributed by atoms with van der Waals surface area (Å²) < 4.78 is 34.8. The third-order valence-electron chi connectivity index (χ3n) is 9.75. The second-order valence-corrected chi connectivity index (χ2v) is 16.1. The molecule has 0 aliphatic rings. The van der Waals surface area contributed by atoms with Crippen molar-refractivity contribution < 1.29 is 32.8 Å². The molecule has 0 saturated heterocycles. The van der Waals surface area contributed by atoms with E-state index >= 15 is 0 Å². The van der Waals surface area contributed by atoms with Crippen LogP contribution in [0, 0.1) is 5.92 Å². The summed E-state index contributed by atoms with van der Waals surface area (Å²) in [6.45, 7) is 8.76. The number of rotatable bonds is 40. The molecule has 9 heteroatoms. The quantitative estimate of drug-likeness (QED) is 0.0277. The monoisotopic (exact) mass is 734 g/mol. The number of ether oxygens (including phenoxy) is 2. The van der Waals surface area contributed by atoms with Gasteiger partial charge in [0.15, 0.2) is 0 Å². The molecule has 0 aliphatic heterocycles. The maximum absolute atomic E-state index is 13.4. The largest absolute Gasteiger partial charge is 0.475 e. The zero-order valence-corrected chi connectivity index (χ0v) is 34.4. The zero-order valence-electron chi connectivity index (χ0n) is 33.5. The van der Waals surface area contributed by atoms with Gasteiger partial charge in [0.05, 0.1) is 12.5 Å². The minimum atomic E-state index is -4.49. The number of phosphoric ester groups is 1. The zero-order chi connectivity index (χ0) is 37.0. The molecule has 0 rings (SSSR count). The molecule has 50 heavy (non-hydrogen) atoms. The van der Waals surface area contributed by atoms with Crippen molar-refractivity contribution in [3.8, 4) is 0 Å². The van der Waals surface area contributed by atoms with E-state index in [0.29, 0.717) is 6.61 Å². The summed E-state index contributed by atoms with van der Waals surface area (Å²) in [5, 5.41) is 0. The van der Waals surface area contributed by atoms with Gasteiger partial charge >= 0.3 is 13.8 Å². The lowest BCUT2D eigenvalue weighted by atomic mass is 9.95. The van der Waals surface area contributed by atoms with Gasteiger partial charge in [0.25, 0.3) is 0 Å². The van der Waals surface area contributed by atoms with E-state index in [1.54, 1.807) is 6.92 Å². The summed E-state index contributed by atoms with van der Waals surface area (Å²) in [5.41, 5.74) is 5.46. The standard InChI is InChI=1S/C41H84NO7P/c1-5-8-11-13-15-17-19-21-22-24-26-28-30-32-36-46-38(4)41(49-50(44,45)47-37-35-42)48-40(43)39(33-10-7-3)34-31-29-27-25-23-20-18-16-14-12-9-6-2/h38-39,41H,5-37,42H2,1-4H3,(H,44,45)/t38-,39?,41?/m0/s1. The topological polar surface area (TPSA) is 117 Å². The van der Waals surface area contributed by atoms with Gasteiger partial charge in [-0.2, -0.15) is 0 Å². The minimum Gasteiger partial charge on any atom is -0.432 e. The smallest absolute Gasteiger partial charge is 0.432 e. The van der Waals surface area contributed by atoms with Crippen molar-refractivity contribution in [2.24, 2.45) is 11.7 Å². The van der Waals surface area contributed by atoms with E-state index in [9.17, 15) is 14.3 Å². The predicted octanol–water partition coefficient (Wildman–Crippen LogP) is 12.7. The fraction of sp³-hybridized carbons (Fsp3) is 0.976. The van der Waals surface area contributed by atoms with Crippen LogP contribution in [0.15, 0.2) is 0 Å². The molecule has 0 aliphatic carbocycles. The summed E-state index contributed by atoms with van der Waals surface area (Å²) in [6, 6.07) is 0. The van der Waals surface area contributed by atoms with Crippen molar-refractivity contribution in [2.75, 3.05) is 19.8 Å². The second-order valence-electron chi connectivity index (χ2n) is 14.7. The molecule has 0 fully saturated rings. The molecule has 0 heterocycles. The summed E-state index contributed by atoms with van der Waals surface area (Å²) in [6.07, 6.45) is 34.4. The average Bonchev–Trinajstić information content (AvgIpc) is 3.10. The highest BCUT2D eigenvalue weighted by Crippen LogP contribution is 2.45. The summed E-state index contributed by atoms with van der Waals surface area (Å²) in [4.78, 5) is 23.7. The van der Waals surface area contributed by atoms with Crippen molar-refractivity contribution in [1.29, 1.82) is 0 Å². The van der Waals surface area contributed by atoms with Crippen LogP contribution in [0.4, 0.5) is 0 Å². The SMILES string of the molecule is CCCCCCCCCCCCCCCCO[C@@H](C)C(OC(=O)C(CCCC)CCCCCCCCCCCCCC)OP(=O)(O)OCCN. The molecule has 8 nitrogen and oxygen atoms in total. The maximum Gasteiger partial charge on any atom is 0.475 e. The van der Waals surface area contributed by atoms with Crippen LogP contribution < -0.4 is 5.73 Å². The maximum atomic E-state index is 13.4. The van der Waals surface area contributed by atoms with Crippen molar-refractivity contribution in [2.45, 2.75) is 233 Å². The van der Waals surface area contributed by atoms with E-state index in [1.807, 2.05) is 0 Å². The third-order valence-corrected chi connectivity index (χ3v) is 10.7. The Hall–Kier alpha value is -0.500. The van der Waals surface area contributed by atoms with Gasteiger partial charge in [-0.05, 0) is 26.2 Å². The van der Waals surface area contributed by atoms with Crippen LogP contribution in [-0.4, -0.2) is 43.0 Å². The first-order valence-electron chi connectivity index (χ1n) is 21.5. The van der Waals surface area contributed by atoms with Crippen LogP contribution in [0.2, 0.25) is 0 Å². The van der Waals surface area contributed by atoms with E-state index in [4.69, 9.17) is 24.3 Å². The molecule has 300 valence electrons. The number of hydrogen-bond donors (Lipinski definition) is 2. The van der Waals surface area contributed by atoms with Gasteiger partial charge in [-0.3, -0.25) is 9.32 Å². The third kappa shape index (κ3) is 32.2. The van der Waals surface area contributed by atoms with Crippen molar-refractivity contribution in [3.63, 3.8) is 0 Å². The summed E-state index contributed by atoms with van der Waals surface area (Å²) >= 11 is 0. The molecule has 3 unspecified atom stereocenters. The molecule has 3 N–H and O–H groups in total. The first-order valence-corrected chi connectivity index (χ1v) is 23.0. The Bertz CT molecular complexity index is 771. The van der Waals surface area contributed by atoms with Gasteiger partial charge in [-0.25, -0.2) is 9.09 Å². The Balaban J connectivity index is 4.60. The first-order chi connectivity index (χ1) is 24.3. The normalized spacial score (nSPS) is 14.8. The van der Waals surface area contributed by atoms with Crippen LogP contribution in [0.25, 0.3) is 0 Å². The molecule has 0 aromatic rings. The number of phosphoric acid groups is 1. The highest BCUT2D eigenvalue weighted by Gasteiger charge is 2.35. The number of unbranched alkanes of at least 4 members (excludes halogenated alkanes) is 25. The number of nitrogens with two attached hydrogens (primary N) is 1. The van der Waals surface area contributed by atoms with Gasteiger partial charge in [-0.15, -0.1) is 0 Å². The molecule has 0 aromatic carbocycles. The van der Waals surface area contributed by atoms with Gasteiger partial charge in [0.2, 0.25) is 6.29 Å². The molecule has 0 amide bonds. The lowest BCUT2D eigenvalue weighted by molar-refractivity contribution is -0.192. The van der Waals surface area contributed by atoms with Gasteiger partial charge in [-0.1, -0.05) is 194 Å². The van der Waals surface area contributed by atoms with E-state index in [-0.39, 0.29) is 19.1 Å². The Morgan fingerprint density at radius 2 is 0.960 bits per heavy atom. The molecular weight excluding hydrogens is 649 g/mol. The molecule has 0 saturated carbocycles. The number of carbonyl (C=O) groups is 1. The van der Waals surface area contributed by atoms with Crippen molar-refractivity contribution >= 4 is 13.8 Å². The molecule has 4 atom stereocenters. The average molecular weight is 734 g/mol. The number of esters is 1. The molecule has 0 radical (unpaired) electrons. The Morgan fingerprint density at radius 1 is 0.580 bits per heavy atom. The lowest BCUT2D eigenvalue weighted by Gasteiger charge is -2.27. The van der Waals surface area contributed by atoms with Gasteiger partial charge < -0.3 is 20.1 Å². The highest BCUT2D eigenvalue weighted by atomic mass is 31.2. The number of hydrogen-bond acceptors (Lipinski definition) is 7. The fourth-order valence-corrected chi connectivity index (χ4v) is 7.32. The van der Waals surface area contributed by atoms with Crippen molar-refractivity contribution in [3.05, 3.63) is 0 Å². The summed E-state index contributed by atoms with van der Waals surface area (Å²) in [7, 11) is -4.49.